The highest BCUT2D eigenvalue weighted by molar-refractivity contribution is 6.35. The lowest BCUT2D eigenvalue weighted by atomic mass is 9.84. The van der Waals surface area contributed by atoms with Gasteiger partial charge in [0.1, 0.15) is 11.6 Å². The summed E-state index contributed by atoms with van der Waals surface area (Å²) in [5.41, 5.74) is 4.41. The first-order valence-corrected chi connectivity index (χ1v) is 20.6. The van der Waals surface area contributed by atoms with Crippen LogP contribution in [-0.2, 0) is 19.2 Å². The van der Waals surface area contributed by atoms with E-state index >= 15 is 0 Å². The van der Waals surface area contributed by atoms with E-state index in [9.17, 15) is 36.7 Å². The predicted octanol–water partition coefficient (Wildman–Crippen LogP) is 7.25. The number of carbonyl (C=O) groups excluding carboxylic acids is 4. The Morgan fingerprint density at radius 1 is 0.500 bits per heavy atom. The van der Waals surface area contributed by atoms with E-state index in [0.29, 0.717) is 37.6 Å². The number of halogens is 4. The molecule has 8 rings (SSSR count). The Bertz CT molecular complexity index is 2110. The summed E-state index contributed by atoms with van der Waals surface area (Å²) in [5.74, 6) is -7.45. The van der Waals surface area contributed by atoms with Gasteiger partial charge >= 0.3 is 23.6 Å². The van der Waals surface area contributed by atoms with Gasteiger partial charge in [0.15, 0.2) is 0 Å². The van der Waals surface area contributed by atoms with Gasteiger partial charge in [-0.25, -0.2) is 27.5 Å². The third-order valence-corrected chi connectivity index (χ3v) is 13.0. The number of hydrogen-bond acceptors (Lipinski definition) is 6. The zero-order chi connectivity index (χ0) is 42.8. The Morgan fingerprint density at radius 2 is 0.817 bits per heavy atom. The molecule has 2 atom stereocenters. The zero-order valence-corrected chi connectivity index (χ0v) is 34.2. The highest BCUT2D eigenvalue weighted by Gasteiger charge is 2.50. The van der Waals surface area contributed by atoms with Gasteiger partial charge in [-0.3, -0.25) is 19.2 Å². The molecule has 318 valence electrons. The maximum atomic E-state index is 13.7. The fraction of sp³-hybridized carbons (Fsp3) is 0.500. The second-order valence-corrected chi connectivity index (χ2v) is 18.1. The van der Waals surface area contributed by atoms with Crippen LogP contribution in [0, 0.1) is 10.8 Å². The quantitative estimate of drug-likeness (QED) is 0.161. The Balaban J connectivity index is 0.929. The minimum Gasteiger partial charge on any atom is -0.340 e. The number of benzene rings is 2. The van der Waals surface area contributed by atoms with Gasteiger partial charge in [0.25, 0.3) is 11.8 Å². The molecule has 16 heteroatoms. The SMILES string of the molecule is CC1(C)CCN(C(=O)C(=O)N2CCC(F)(F)CC2)[C@H]1c1ncc(-c2ccc(-c3ccc(-c4cnc([C@@H]5N(C(=O)C(=O)N6CCC(F)(F)CC6)CCC5(C)C)[nH]4)cc3)cc2)[nH]1. The Labute approximate surface area is 345 Å². The summed E-state index contributed by atoms with van der Waals surface area (Å²) in [6.45, 7) is 8.18. The van der Waals surface area contributed by atoms with Gasteiger partial charge in [-0.05, 0) is 45.9 Å². The molecule has 0 bridgehead atoms. The molecular weight excluding hydrogens is 781 g/mol. The van der Waals surface area contributed by atoms with Gasteiger partial charge in [0.05, 0.1) is 35.9 Å². The Hall–Kier alpha value is -5.54. The van der Waals surface area contributed by atoms with Crippen LogP contribution in [-0.4, -0.2) is 114 Å². The monoisotopic (exact) mass is 830 g/mol. The topological polar surface area (TPSA) is 139 Å². The number of likely N-dealkylation sites (tertiary alicyclic amines) is 4. The number of imidazole rings is 2. The van der Waals surface area contributed by atoms with Crippen LogP contribution in [0.15, 0.2) is 60.9 Å². The van der Waals surface area contributed by atoms with Crippen molar-refractivity contribution in [2.75, 3.05) is 39.3 Å². The van der Waals surface area contributed by atoms with E-state index in [4.69, 9.17) is 0 Å². The molecule has 0 unspecified atom stereocenters. The lowest BCUT2D eigenvalue weighted by Crippen LogP contribution is -2.50. The molecule has 2 N–H and O–H groups in total. The largest absolute Gasteiger partial charge is 0.340 e. The molecule has 4 saturated heterocycles. The van der Waals surface area contributed by atoms with Gasteiger partial charge in [-0.15, -0.1) is 0 Å². The second kappa shape index (κ2) is 15.2. The minimum atomic E-state index is -2.82. The van der Waals surface area contributed by atoms with Crippen molar-refractivity contribution in [3.05, 3.63) is 72.6 Å². The molecule has 4 fully saturated rings. The Kier molecular flexibility index (Phi) is 10.4. The standard InChI is InChI=1S/C44H50F4N8O4/c1-41(2)13-23-55(39(59)37(57)53-19-15-43(45,46)16-20-53)33(41)35-49-25-31(51-35)29-9-5-27(6-10-29)28-7-11-30(12-8-28)32-26-50-36(52-32)34-42(3,4)14-24-56(34)40(60)38(58)54-21-17-44(47,48)18-22-54/h5-12,25-26,33-34H,13-24H2,1-4H3,(H,49,51)(H,50,52)/t33-,34-/m0/s1. The van der Waals surface area contributed by atoms with Gasteiger partial charge in [-0.2, -0.15) is 0 Å². The maximum absolute atomic E-state index is 13.7. The van der Waals surface area contributed by atoms with Crippen molar-refractivity contribution in [3.63, 3.8) is 0 Å². The number of alkyl halides is 4. The van der Waals surface area contributed by atoms with E-state index < -0.39 is 73.2 Å². The van der Waals surface area contributed by atoms with Crippen LogP contribution in [0.3, 0.4) is 0 Å². The van der Waals surface area contributed by atoms with Crippen molar-refractivity contribution in [2.24, 2.45) is 10.8 Å². The van der Waals surface area contributed by atoms with Crippen LogP contribution in [0.1, 0.15) is 90.0 Å². The lowest BCUT2D eigenvalue weighted by Gasteiger charge is -2.34. The average molecular weight is 831 g/mol. The van der Waals surface area contributed by atoms with Crippen molar-refractivity contribution < 1.29 is 36.7 Å². The number of aromatic amines is 2. The van der Waals surface area contributed by atoms with E-state index in [-0.39, 0.29) is 37.0 Å². The lowest BCUT2D eigenvalue weighted by molar-refractivity contribution is -0.156. The van der Waals surface area contributed by atoms with Crippen LogP contribution >= 0.6 is 0 Å². The smallest absolute Gasteiger partial charge is 0.312 e. The number of nitrogens with zero attached hydrogens (tertiary/aromatic N) is 6. The minimum absolute atomic E-state index is 0.152. The van der Waals surface area contributed by atoms with Crippen LogP contribution in [0.5, 0.6) is 0 Å². The summed E-state index contributed by atoms with van der Waals surface area (Å²) in [6, 6.07) is 14.9. The first-order chi connectivity index (χ1) is 28.3. The number of hydrogen-bond donors (Lipinski definition) is 2. The normalized spacial score (nSPS) is 23.2. The third-order valence-electron chi connectivity index (χ3n) is 13.0. The number of H-pyrrole nitrogens is 2. The van der Waals surface area contributed by atoms with Crippen molar-refractivity contribution in [2.45, 2.75) is 90.1 Å². The summed E-state index contributed by atoms with van der Waals surface area (Å²) >= 11 is 0. The summed E-state index contributed by atoms with van der Waals surface area (Å²) in [4.78, 5) is 74.8. The first-order valence-electron chi connectivity index (χ1n) is 20.6. The molecule has 60 heavy (non-hydrogen) atoms. The predicted molar refractivity (Wildman–Crippen MR) is 214 cm³/mol. The van der Waals surface area contributed by atoms with Crippen LogP contribution < -0.4 is 0 Å². The van der Waals surface area contributed by atoms with E-state index in [1.807, 2.05) is 76.2 Å². The van der Waals surface area contributed by atoms with Crippen molar-refractivity contribution in [1.82, 2.24) is 39.5 Å². The summed E-state index contributed by atoms with van der Waals surface area (Å²) in [5, 5.41) is 0. The fourth-order valence-electron chi connectivity index (χ4n) is 9.18. The molecule has 4 aliphatic heterocycles. The van der Waals surface area contributed by atoms with Crippen LogP contribution in [0.2, 0.25) is 0 Å². The molecule has 6 heterocycles. The van der Waals surface area contributed by atoms with E-state index in [1.54, 1.807) is 12.4 Å². The molecule has 4 amide bonds. The molecule has 4 aliphatic rings. The van der Waals surface area contributed by atoms with E-state index in [1.165, 1.54) is 19.6 Å². The molecule has 0 spiro atoms. The molecule has 2 aromatic heterocycles. The average Bonchev–Trinajstić information content (AvgIpc) is 4.02. The molecule has 0 saturated carbocycles. The molecule has 12 nitrogen and oxygen atoms in total. The van der Waals surface area contributed by atoms with Crippen molar-refractivity contribution >= 4 is 23.6 Å². The fourth-order valence-corrected chi connectivity index (χ4v) is 9.18. The molecular formula is C44H50F4N8O4. The van der Waals surface area contributed by atoms with Gasteiger partial charge in [0.2, 0.25) is 0 Å². The maximum Gasteiger partial charge on any atom is 0.312 e. The molecule has 2 aromatic carbocycles. The number of amides is 4. The van der Waals surface area contributed by atoms with E-state index in [2.05, 4.69) is 19.9 Å². The highest BCUT2D eigenvalue weighted by atomic mass is 19.3. The molecule has 0 aliphatic carbocycles. The number of nitrogens with one attached hydrogen (secondary N) is 2. The van der Waals surface area contributed by atoms with Crippen LogP contribution in [0.4, 0.5) is 17.6 Å². The van der Waals surface area contributed by atoms with Crippen molar-refractivity contribution in [1.29, 1.82) is 0 Å². The van der Waals surface area contributed by atoms with Gasteiger partial charge in [-0.1, -0.05) is 76.2 Å². The first kappa shape index (κ1) is 41.2. The van der Waals surface area contributed by atoms with Crippen LogP contribution in [0.25, 0.3) is 33.6 Å². The Morgan fingerprint density at radius 3 is 1.15 bits per heavy atom. The third kappa shape index (κ3) is 7.92. The highest BCUT2D eigenvalue weighted by Crippen LogP contribution is 2.48. The molecule has 0 radical (unpaired) electrons. The van der Waals surface area contributed by atoms with E-state index in [0.717, 1.165) is 33.6 Å². The van der Waals surface area contributed by atoms with Gasteiger partial charge < -0.3 is 29.6 Å². The summed E-state index contributed by atoms with van der Waals surface area (Å²) in [6.07, 6.45) is 2.90. The summed E-state index contributed by atoms with van der Waals surface area (Å²) in [7, 11) is 0. The summed E-state index contributed by atoms with van der Waals surface area (Å²) < 4.78 is 54.9. The van der Waals surface area contributed by atoms with Crippen molar-refractivity contribution in [3.8, 4) is 33.6 Å². The number of rotatable bonds is 5. The number of carbonyl (C=O) groups is 4. The van der Waals surface area contributed by atoms with Gasteiger partial charge in [0, 0.05) is 65.0 Å². The zero-order valence-electron chi connectivity index (χ0n) is 34.2. The second-order valence-electron chi connectivity index (χ2n) is 18.1. The number of aromatic nitrogens is 4. The number of piperidine rings is 2. The molecule has 4 aromatic rings.